The van der Waals surface area contributed by atoms with Crippen LogP contribution in [0.5, 0.6) is 0 Å². The van der Waals surface area contributed by atoms with Crippen molar-refractivity contribution in [2.45, 2.75) is 79.1 Å². The fraction of sp³-hybridized carbons (Fsp3) is 0.864. The molecule has 2 nitrogen and oxygen atoms in total. The lowest BCUT2D eigenvalue weighted by Gasteiger charge is -2.61. The third-order valence-corrected chi connectivity index (χ3v) is 9.91. The zero-order chi connectivity index (χ0) is 16.7. The standard InChI is InChI=1S/C22H34N2/c1-20(2)9-7-18-16-6-5-15-11-19-14(13-23-24-19)12-21(15,3)17(16)8-10-22(18,20)4/h13,15-18H,5-12H2,1-4H3,(H,23,24)/t15-,16+,17-,18-,21-,22-/m0/s1. The number of hydrogen-bond donors (Lipinski definition) is 1. The molecule has 0 saturated heterocycles. The van der Waals surface area contributed by atoms with E-state index >= 15 is 0 Å². The number of H-pyrrole nitrogens is 1. The van der Waals surface area contributed by atoms with Gasteiger partial charge in [0.1, 0.15) is 0 Å². The first-order valence-corrected chi connectivity index (χ1v) is 10.4. The first-order valence-electron chi connectivity index (χ1n) is 10.4. The number of nitrogens with zero attached hydrogens (tertiary/aromatic N) is 1. The Morgan fingerprint density at radius 1 is 1.00 bits per heavy atom. The van der Waals surface area contributed by atoms with Crippen molar-refractivity contribution in [2.75, 3.05) is 0 Å². The fourth-order valence-electron chi connectivity index (χ4n) is 7.96. The molecule has 5 rings (SSSR count). The summed E-state index contributed by atoms with van der Waals surface area (Å²) in [6.07, 6.45) is 13.5. The van der Waals surface area contributed by atoms with E-state index in [9.17, 15) is 0 Å². The van der Waals surface area contributed by atoms with E-state index < -0.39 is 0 Å². The maximum atomic E-state index is 4.36. The quantitative estimate of drug-likeness (QED) is 0.680. The number of rotatable bonds is 0. The van der Waals surface area contributed by atoms with Crippen LogP contribution in [0.25, 0.3) is 0 Å². The van der Waals surface area contributed by atoms with Gasteiger partial charge in [0.05, 0.1) is 6.20 Å². The normalized spacial score (nSPS) is 49.0. The third kappa shape index (κ3) is 1.76. The van der Waals surface area contributed by atoms with E-state index in [1.54, 1.807) is 0 Å². The number of fused-ring (bicyclic) bond motifs is 6. The molecule has 0 aromatic carbocycles. The van der Waals surface area contributed by atoms with Gasteiger partial charge in [-0.25, -0.2) is 0 Å². The molecule has 0 spiro atoms. The molecule has 1 N–H and O–H groups in total. The van der Waals surface area contributed by atoms with Gasteiger partial charge in [-0.15, -0.1) is 0 Å². The Hall–Kier alpha value is -0.790. The highest BCUT2D eigenvalue weighted by Crippen LogP contribution is 2.69. The first-order chi connectivity index (χ1) is 11.4. The molecule has 0 radical (unpaired) electrons. The fourth-order valence-corrected chi connectivity index (χ4v) is 7.96. The number of aromatic nitrogens is 2. The molecule has 1 aromatic rings. The molecule has 4 aliphatic rings. The van der Waals surface area contributed by atoms with Crippen LogP contribution < -0.4 is 0 Å². The van der Waals surface area contributed by atoms with Gasteiger partial charge >= 0.3 is 0 Å². The molecule has 0 aliphatic heterocycles. The van der Waals surface area contributed by atoms with Crippen molar-refractivity contribution in [3.63, 3.8) is 0 Å². The summed E-state index contributed by atoms with van der Waals surface area (Å²) in [4.78, 5) is 0. The summed E-state index contributed by atoms with van der Waals surface area (Å²) in [6.45, 7) is 10.4. The van der Waals surface area contributed by atoms with Crippen LogP contribution in [0.4, 0.5) is 0 Å². The molecular formula is C22H34N2. The first kappa shape index (κ1) is 15.5. The highest BCUT2D eigenvalue weighted by molar-refractivity contribution is 5.25. The van der Waals surface area contributed by atoms with Crippen molar-refractivity contribution in [1.82, 2.24) is 10.2 Å². The Kier molecular flexibility index (Phi) is 3.01. The van der Waals surface area contributed by atoms with E-state index in [-0.39, 0.29) is 0 Å². The zero-order valence-electron chi connectivity index (χ0n) is 16.0. The van der Waals surface area contributed by atoms with Crippen LogP contribution in [-0.4, -0.2) is 10.2 Å². The van der Waals surface area contributed by atoms with E-state index in [2.05, 4.69) is 44.1 Å². The second-order valence-corrected chi connectivity index (χ2v) is 10.8. The van der Waals surface area contributed by atoms with Gasteiger partial charge < -0.3 is 0 Å². The summed E-state index contributed by atoms with van der Waals surface area (Å²) in [7, 11) is 0. The summed E-state index contributed by atoms with van der Waals surface area (Å²) in [6, 6.07) is 0. The maximum Gasteiger partial charge on any atom is 0.0522 e. The average Bonchev–Trinajstić information content (AvgIpc) is 3.06. The van der Waals surface area contributed by atoms with E-state index in [0.29, 0.717) is 16.2 Å². The lowest BCUT2D eigenvalue weighted by atomic mass is 9.44. The van der Waals surface area contributed by atoms with Crippen LogP contribution in [0, 0.1) is 39.9 Å². The maximum absolute atomic E-state index is 4.36. The summed E-state index contributed by atoms with van der Waals surface area (Å²) < 4.78 is 0. The number of nitrogens with one attached hydrogen (secondary N) is 1. The summed E-state index contributed by atoms with van der Waals surface area (Å²) in [5.74, 6) is 3.80. The minimum atomic E-state index is 0.522. The molecular weight excluding hydrogens is 292 g/mol. The molecule has 0 bridgehead atoms. The van der Waals surface area contributed by atoms with E-state index in [1.165, 1.54) is 62.6 Å². The second-order valence-electron chi connectivity index (χ2n) is 10.8. The van der Waals surface area contributed by atoms with Gasteiger partial charge in [-0.1, -0.05) is 27.7 Å². The largest absolute Gasteiger partial charge is 0.282 e. The molecule has 1 heterocycles. The molecule has 6 atom stereocenters. The predicted octanol–water partition coefficient (Wildman–Crippen LogP) is 5.39. The SMILES string of the molecule is CC1(C)CC[C@H]2[C@@H]3CC[C@H]4Cc5[nH]ncc5C[C@]4(C)[C@H]3CC[C@@]21C. The summed E-state index contributed by atoms with van der Waals surface area (Å²) in [5, 5.41) is 7.64. The molecule has 132 valence electrons. The highest BCUT2D eigenvalue weighted by atomic mass is 15.1. The van der Waals surface area contributed by atoms with Crippen molar-refractivity contribution < 1.29 is 0 Å². The lowest BCUT2D eigenvalue weighted by Crippen LogP contribution is -2.55. The van der Waals surface area contributed by atoms with Gasteiger partial charge in [0.25, 0.3) is 0 Å². The van der Waals surface area contributed by atoms with Crippen LogP contribution in [0.15, 0.2) is 6.20 Å². The Morgan fingerprint density at radius 2 is 1.79 bits per heavy atom. The summed E-state index contributed by atoms with van der Waals surface area (Å²) >= 11 is 0. The molecule has 3 saturated carbocycles. The molecule has 2 heteroatoms. The van der Waals surface area contributed by atoms with Crippen LogP contribution in [-0.2, 0) is 12.8 Å². The van der Waals surface area contributed by atoms with Gasteiger partial charge in [0.2, 0.25) is 0 Å². The molecule has 0 amide bonds. The van der Waals surface area contributed by atoms with Crippen LogP contribution in [0.3, 0.4) is 0 Å². The Bertz CT molecular complexity index is 659. The Balaban J connectivity index is 1.50. The number of hydrogen-bond acceptors (Lipinski definition) is 1. The minimum absolute atomic E-state index is 0.522. The zero-order valence-corrected chi connectivity index (χ0v) is 16.0. The van der Waals surface area contributed by atoms with Gasteiger partial charge in [-0.3, -0.25) is 5.10 Å². The van der Waals surface area contributed by atoms with Crippen molar-refractivity contribution in [3.05, 3.63) is 17.5 Å². The highest BCUT2D eigenvalue weighted by Gasteiger charge is 2.62. The lowest BCUT2D eigenvalue weighted by molar-refractivity contribution is -0.110. The van der Waals surface area contributed by atoms with E-state index in [1.807, 2.05) is 0 Å². The van der Waals surface area contributed by atoms with Gasteiger partial charge in [-0.2, -0.15) is 5.10 Å². The molecule has 4 aliphatic carbocycles. The van der Waals surface area contributed by atoms with Gasteiger partial charge in [-0.05, 0) is 96.8 Å². The van der Waals surface area contributed by atoms with Gasteiger partial charge in [0.15, 0.2) is 0 Å². The summed E-state index contributed by atoms with van der Waals surface area (Å²) in [5.41, 5.74) is 4.62. The predicted molar refractivity (Wildman–Crippen MR) is 97.7 cm³/mol. The minimum Gasteiger partial charge on any atom is -0.282 e. The average molecular weight is 327 g/mol. The van der Waals surface area contributed by atoms with Crippen molar-refractivity contribution >= 4 is 0 Å². The van der Waals surface area contributed by atoms with Crippen molar-refractivity contribution in [2.24, 2.45) is 39.9 Å². The van der Waals surface area contributed by atoms with E-state index in [0.717, 1.165) is 23.7 Å². The van der Waals surface area contributed by atoms with Crippen LogP contribution in [0.1, 0.15) is 77.5 Å². The van der Waals surface area contributed by atoms with Crippen molar-refractivity contribution in [3.8, 4) is 0 Å². The molecule has 24 heavy (non-hydrogen) atoms. The van der Waals surface area contributed by atoms with Gasteiger partial charge in [0, 0.05) is 5.69 Å². The molecule has 1 aromatic heterocycles. The third-order valence-electron chi connectivity index (χ3n) is 9.91. The smallest absolute Gasteiger partial charge is 0.0522 e. The monoisotopic (exact) mass is 326 g/mol. The Morgan fingerprint density at radius 3 is 2.62 bits per heavy atom. The number of aromatic amines is 1. The molecule has 0 unspecified atom stereocenters. The molecule has 3 fully saturated rings. The van der Waals surface area contributed by atoms with Crippen LogP contribution in [0.2, 0.25) is 0 Å². The van der Waals surface area contributed by atoms with E-state index in [4.69, 9.17) is 0 Å². The Labute approximate surface area is 147 Å². The topological polar surface area (TPSA) is 28.7 Å². The van der Waals surface area contributed by atoms with Crippen LogP contribution >= 0.6 is 0 Å². The second kappa shape index (κ2) is 4.68. The van der Waals surface area contributed by atoms with Crippen molar-refractivity contribution in [1.29, 1.82) is 0 Å².